The van der Waals surface area contributed by atoms with Crippen molar-refractivity contribution in [1.82, 2.24) is 4.90 Å². The van der Waals surface area contributed by atoms with Crippen molar-refractivity contribution in [2.24, 2.45) is 0 Å². The lowest BCUT2D eigenvalue weighted by atomic mass is 10.0. The van der Waals surface area contributed by atoms with Crippen molar-refractivity contribution >= 4 is 11.9 Å². The van der Waals surface area contributed by atoms with Crippen molar-refractivity contribution in [3.8, 4) is 0 Å². The summed E-state index contributed by atoms with van der Waals surface area (Å²) in [5.41, 5.74) is 1.66. The Balaban J connectivity index is 2.79. The predicted octanol–water partition coefficient (Wildman–Crippen LogP) is 2.01. The number of hydrogen-bond acceptors (Lipinski definition) is 4. The average molecular weight is 279 g/mol. The molecule has 1 aromatic carbocycles. The van der Waals surface area contributed by atoms with Gasteiger partial charge in [-0.1, -0.05) is 24.3 Å². The molecule has 0 saturated heterocycles. The maximum absolute atomic E-state index is 11.5. The van der Waals surface area contributed by atoms with E-state index in [1.807, 2.05) is 25.1 Å². The zero-order valence-corrected chi connectivity index (χ0v) is 12.1. The van der Waals surface area contributed by atoms with Gasteiger partial charge in [-0.2, -0.15) is 0 Å². The van der Waals surface area contributed by atoms with E-state index in [1.165, 1.54) is 0 Å². The normalized spacial score (nSPS) is 12.2. The van der Waals surface area contributed by atoms with Gasteiger partial charge in [0.25, 0.3) is 0 Å². The summed E-state index contributed by atoms with van der Waals surface area (Å²) in [6, 6.07) is 6.61. The van der Waals surface area contributed by atoms with E-state index in [-0.39, 0.29) is 12.4 Å². The zero-order valence-electron chi connectivity index (χ0n) is 12.1. The van der Waals surface area contributed by atoms with E-state index in [0.29, 0.717) is 13.2 Å². The molecule has 0 fully saturated rings. The Morgan fingerprint density at radius 1 is 1.35 bits per heavy atom. The molecule has 1 rings (SSSR count). The number of ether oxygens (including phenoxy) is 1. The van der Waals surface area contributed by atoms with Crippen molar-refractivity contribution in [1.29, 1.82) is 0 Å². The van der Waals surface area contributed by atoms with Crippen LogP contribution in [0.15, 0.2) is 24.3 Å². The van der Waals surface area contributed by atoms with Crippen LogP contribution < -0.4 is 0 Å². The van der Waals surface area contributed by atoms with E-state index in [0.717, 1.165) is 11.1 Å². The number of carbonyl (C=O) groups excluding carboxylic acids is 1. The Kier molecular flexibility index (Phi) is 6.18. The van der Waals surface area contributed by atoms with E-state index in [4.69, 9.17) is 4.74 Å². The fraction of sp³-hybridized carbons (Fsp3) is 0.467. The Morgan fingerprint density at radius 3 is 2.55 bits per heavy atom. The zero-order chi connectivity index (χ0) is 15.1. The highest BCUT2D eigenvalue weighted by atomic mass is 16.5. The van der Waals surface area contributed by atoms with Crippen LogP contribution in [0.25, 0.3) is 0 Å². The molecule has 0 aliphatic heterocycles. The Hall–Kier alpha value is -1.88. The molecule has 20 heavy (non-hydrogen) atoms. The second kappa shape index (κ2) is 7.65. The molecule has 0 bridgehead atoms. The van der Waals surface area contributed by atoms with Gasteiger partial charge in [0.05, 0.1) is 13.0 Å². The number of aryl methyl sites for hydroxylation is 1. The first-order chi connectivity index (χ1) is 9.47. The maximum Gasteiger partial charge on any atom is 0.325 e. The minimum absolute atomic E-state index is 0.181. The molecule has 1 unspecified atom stereocenters. The summed E-state index contributed by atoms with van der Waals surface area (Å²) >= 11 is 0. The van der Waals surface area contributed by atoms with Crippen LogP contribution >= 0.6 is 0 Å². The van der Waals surface area contributed by atoms with Gasteiger partial charge < -0.3 is 9.84 Å². The molecule has 0 aliphatic carbocycles. The third kappa shape index (κ3) is 4.35. The summed E-state index contributed by atoms with van der Waals surface area (Å²) in [6.45, 7) is 4.30. The van der Waals surface area contributed by atoms with Crippen molar-refractivity contribution in [2.75, 3.05) is 20.2 Å². The molecule has 110 valence electrons. The fourth-order valence-electron chi connectivity index (χ4n) is 2.08. The second-order valence-electron chi connectivity index (χ2n) is 4.63. The van der Waals surface area contributed by atoms with Crippen LogP contribution in [-0.2, 0) is 14.3 Å². The molecular formula is C15H21NO4. The lowest BCUT2D eigenvalue weighted by Gasteiger charge is -2.25. The first kappa shape index (κ1) is 16.2. The van der Waals surface area contributed by atoms with Gasteiger partial charge in [-0.25, -0.2) is 0 Å². The molecule has 0 spiro atoms. The number of carboxylic acid groups (broad SMARTS) is 1. The van der Waals surface area contributed by atoms with Gasteiger partial charge in [-0.15, -0.1) is 0 Å². The molecule has 5 nitrogen and oxygen atoms in total. The Labute approximate surface area is 119 Å². The smallest absolute Gasteiger partial charge is 0.325 e. The van der Waals surface area contributed by atoms with Gasteiger partial charge in [-0.3, -0.25) is 14.5 Å². The summed E-state index contributed by atoms with van der Waals surface area (Å²) in [4.78, 5) is 24.5. The molecule has 5 heteroatoms. The SMILES string of the molecule is CCOC(=O)CCN(C)C(C(=O)O)c1ccccc1C. The number of benzene rings is 1. The van der Waals surface area contributed by atoms with Crippen molar-refractivity contribution in [3.63, 3.8) is 0 Å². The highest BCUT2D eigenvalue weighted by molar-refractivity contribution is 5.76. The van der Waals surface area contributed by atoms with Crippen molar-refractivity contribution in [3.05, 3.63) is 35.4 Å². The lowest BCUT2D eigenvalue weighted by Crippen LogP contribution is -2.33. The van der Waals surface area contributed by atoms with E-state index < -0.39 is 12.0 Å². The van der Waals surface area contributed by atoms with Crippen LogP contribution in [0, 0.1) is 6.92 Å². The number of esters is 1. The van der Waals surface area contributed by atoms with Gasteiger partial charge in [0.1, 0.15) is 6.04 Å². The number of carboxylic acids is 1. The first-order valence-electron chi connectivity index (χ1n) is 6.61. The van der Waals surface area contributed by atoms with Gasteiger partial charge in [0, 0.05) is 6.54 Å². The highest BCUT2D eigenvalue weighted by Gasteiger charge is 2.26. The molecule has 1 N–H and O–H groups in total. The predicted molar refractivity (Wildman–Crippen MR) is 75.4 cm³/mol. The van der Waals surface area contributed by atoms with Crippen LogP contribution in [0.5, 0.6) is 0 Å². The summed E-state index contributed by atoms with van der Waals surface area (Å²) in [5.74, 6) is -1.24. The number of nitrogens with zero attached hydrogens (tertiary/aromatic N) is 1. The lowest BCUT2D eigenvalue weighted by molar-refractivity contribution is -0.146. The van der Waals surface area contributed by atoms with Crippen LogP contribution in [0.3, 0.4) is 0 Å². The van der Waals surface area contributed by atoms with E-state index >= 15 is 0 Å². The number of rotatable bonds is 7. The average Bonchev–Trinajstić information content (AvgIpc) is 2.39. The molecule has 0 amide bonds. The minimum Gasteiger partial charge on any atom is -0.480 e. The van der Waals surface area contributed by atoms with Gasteiger partial charge in [0.2, 0.25) is 0 Å². The molecule has 1 atom stereocenters. The molecular weight excluding hydrogens is 258 g/mol. The molecule has 0 aliphatic rings. The number of carbonyl (C=O) groups is 2. The molecule has 0 aromatic heterocycles. The minimum atomic E-state index is -0.925. The van der Waals surface area contributed by atoms with Crippen LogP contribution in [0.2, 0.25) is 0 Å². The largest absolute Gasteiger partial charge is 0.480 e. The van der Waals surface area contributed by atoms with Crippen LogP contribution in [-0.4, -0.2) is 42.1 Å². The molecule has 0 heterocycles. The van der Waals surface area contributed by atoms with Gasteiger partial charge >= 0.3 is 11.9 Å². The second-order valence-corrected chi connectivity index (χ2v) is 4.63. The highest BCUT2D eigenvalue weighted by Crippen LogP contribution is 2.23. The summed E-state index contributed by atoms with van der Waals surface area (Å²) in [5, 5.41) is 9.43. The summed E-state index contributed by atoms with van der Waals surface area (Å²) in [7, 11) is 1.70. The van der Waals surface area contributed by atoms with Crippen molar-refractivity contribution in [2.45, 2.75) is 26.3 Å². The van der Waals surface area contributed by atoms with Gasteiger partial charge in [0.15, 0.2) is 0 Å². The monoisotopic (exact) mass is 279 g/mol. The van der Waals surface area contributed by atoms with Gasteiger partial charge in [-0.05, 0) is 32.0 Å². The fourth-order valence-corrected chi connectivity index (χ4v) is 2.08. The Bertz CT molecular complexity index is 473. The van der Waals surface area contributed by atoms with E-state index in [9.17, 15) is 14.7 Å². The number of aliphatic carboxylic acids is 1. The Morgan fingerprint density at radius 2 is 2.00 bits per heavy atom. The quantitative estimate of drug-likeness (QED) is 0.773. The molecule has 0 saturated carbocycles. The van der Waals surface area contributed by atoms with E-state index in [1.54, 1.807) is 24.9 Å². The number of hydrogen-bond donors (Lipinski definition) is 1. The first-order valence-corrected chi connectivity index (χ1v) is 6.61. The standard InChI is InChI=1S/C15H21NO4/c1-4-20-13(17)9-10-16(3)14(15(18)19)12-8-6-5-7-11(12)2/h5-8,14H,4,9-10H2,1-3H3,(H,18,19). The molecule has 1 aromatic rings. The topological polar surface area (TPSA) is 66.8 Å². The number of likely N-dealkylation sites (N-methyl/N-ethyl adjacent to an activating group) is 1. The van der Waals surface area contributed by atoms with Crippen molar-refractivity contribution < 1.29 is 19.4 Å². The van der Waals surface area contributed by atoms with E-state index in [2.05, 4.69) is 0 Å². The maximum atomic E-state index is 11.5. The van der Waals surface area contributed by atoms with Crippen LogP contribution in [0.4, 0.5) is 0 Å². The molecule has 0 radical (unpaired) electrons. The summed E-state index contributed by atoms with van der Waals surface area (Å²) in [6.07, 6.45) is 0.181. The third-order valence-electron chi connectivity index (χ3n) is 3.13. The summed E-state index contributed by atoms with van der Waals surface area (Å²) < 4.78 is 4.85. The van der Waals surface area contributed by atoms with Crippen LogP contribution in [0.1, 0.15) is 30.5 Å². The third-order valence-corrected chi connectivity index (χ3v) is 3.13.